The van der Waals surface area contributed by atoms with E-state index in [1.54, 1.807) is 22.7 Å². The van der Waals surface area contributed by atoms with Gasteiger partial charge in [0.25, 0.3) is 5.91 Å². The van der Waals surface area contributed by atoms with Crippen molar-refractivity contribution in [2.75, 3.05) is 24.8 Å². The lowest BCUT2D eigenvalue weighted by atomic mass is 10.1. The summed E-state index contributed by atoms with van der Waals surface area (Å²) in [4.78, 5) is 14.1. The zero-order valence-electron chi connectivity index (χ0n) is 11.6. The molecule has 2 N–H and O–H groups in total. The van der Waals surface area contributed by atoms with Crippen LogP contribution in [0.25, 0.3) is 0 Å². The third-order valence-electron chi connectivity index (χ3n) is 3.07. The van der Waals surface area contributed by atoms with Crippen molar-refractivity contribution in [1.82, 2.24) is 4.90 Å². The maximum absolute atomic E-state index is 12.3. The number of carbonyl (C=O) groups excluding carboxylic acids is 1. The monoisotopic (exact) mass is 266 g/mol. The van der Waals surface area contributed by atoms with Crippen LogP contribution in [0, 0.1) is 6.92 Å². The number of rotatable bonds is 5. The summed E-state index contributed by atoms with van der Waals surface area (Å²) >= 11 is 1.80. The van der Waals surface area contributed by atoms with E-state index in [-0.39, 0.29) is 11.9 Å². The van der Waals surface area contributed by atoms with Crippen LogP contribution in [0.5, 0.6) is 0 Å². The molecule has 0 bridgehead atoms. The van der Waals surface area contributed by atoms with Gasteiger partial charge in [-0.25, -0.2) is 0 Å². The van der Waals surface area contributed by atoms with Crippen molar-refractivity contribution >= 4 is 23.4 Å². The summed E-state index contributed by atoms with van der Waals surface area (Å²) in [5.74, 6) is 1.10. The second-order valence-corrected chi connectivity index (χ2v) is 5.66. The molecule has 0 heterocycles. The fourth-order valence-corrected chi connectivity index (χ4v) is 2.40. The van der Waals surface area contributed by atoms with Crippen LogP contribution in [0.2, 0.25) is 0 Å². The number of hydrogen-bond donors (Lipinski definition) is 1. The Labute approximate surface area is 114 Å². The lowest BCUT2D eigenvalue weighted by Crippen LogP contribution is -2.35. The molecule has 0 aromatic heterocycles. The number of nitrogen functional groups attached to an aromatic ring is 1. The van der Waals surface area contributed by atoms with Crippen LogP contribution in [-0.4, -0.2) is 35.9 Å². The number of anilines is 1. The van der Waals surface area contributed by atoms with Crippen molar-refractivity contribution in [2.24, 2.45) is 0 Å². The van der Waals surface area contributed by atoms with Gasteiger partial charge in [-0.3, -0.25) is 4.79 Å². The fraction of sp³-hybridized carbons (Fsp3) is 0.500. The van der Waals surface area contributed by atoms with Gasteiger partial charge < -0.3 is 10.6 Å². The number of benzene rings is 1. The molecule has 1 rings (SSSR count). The summed E-state index contributed by atoms with van der Waals surface area (Å²) in [6.07, 6.45) is 3.08. The second-order valence-electron chi connectivity index (χ2n) is 4.68. The second kappa shape index (κ2) is 6.69. The van der Waals surface area contributed by atoms with Gasteiger partial charge in [-0.1, -0.05) is 0 Å². The van der Waals surface area contributed by atoms with E-state index in [1.165, 1.54) is 0 Å². The molecule has 0 fully saturated rings. The highest BCUT2D eigenvalue weighted by molar-refractivity contribution is 7.98. The zero-order valence-corrected chi connectivity index (χ0v) is 12.4. The summed E-state index contributed by atoms with van der Waals surface area (Å²) < 4.78 is 0. The number of thioether (sulfide) groups is 1. The van der Waals surface area contributed by atoms with E-state index in [0.717, 1.165) is 17.7 Å². The van der Waals surface area contributed by atoms with Crippen LogP contribution in [0.3, 0.4) is 0 Å². The Hall–Kier alpha value is -1.16. The van der Waals surface area contributed by atoms with Gasteiger partial charge in [-0.15, -0.1) is 0 Å². The smallest absolute Gasteiger partial charge is 0.253 e. The maximum atomic E-state index is 12.3. The summed E-state index contributed by atoms with van der Waals surface area (Å²) in [5.41, 5.74) is 8.11. The minimum Gasteiger partial charge on any atom is -0.399 e. The molecule has 0 aliphatic carbocycles. The summed E-state index contributed by atoms with van der Waals surface area (Å²) in [6.45, 7) is 4.03. The minimum absolute atomic E-state index is 0.0407. The molecular weight excluding hydrogens is 244 g/mol. The molecule has 1 aromatic rings. The van der Waals surface area contributed by atoms with Crippen molar-refractivity contribution in [3.05, 3.63) is 29.3 Å². The number of nitrogens with two attached hydrogens (primary N) is 1. The Balaban J connectivity index is 2.79. The lowest BCUT2D eigenvalue weighted by Gasteiger charge is -2.25. The van der Waals surface area contributed by atoms with Gasteiger partial charge in [0.15, 0.2) is 0 Å². The molecule has 0 aliphatic heterocycles. The molecule has 3 nitrogen and oxygen atoms in total. The third kappa shape index (κ3) is 3.95. The van der Waals surface area contributed by atoms with Crippen LogP contribution in [0.15, 0.2) is 18.2 Å². The average molecular weight is 266 g/mol. The molecule has 0 spiro atoms. The molecule has 0 saturated carbocycles. The van der Waals surface area contributed by atoms with E-state index < -0.39 is 0 Å². The molecule has 18 heavy (non-hydrogen) atoms. The number of hydrogen-bond acceptors (Lipinski definition) is 3. The van der Waals surface area contributed by atoms with E-state index in [0.29, 0.717) is 11.3 Å². The number of amides is 1. The first-order valence-corrected chi connectivity index (χ1v) is 7.48. The van der Waals surface area contributed by atoms with Crippen LogP contribution in [-0.2, 0) is 0 Å². The topological polar surface area (TPSA) is 46.3 Å². The van der Waals surface area contributed by atoms with Crippen LogP contribution >= 0.6 is 11.8 Å². The van der Waals surface area contributed by atoms with Crippen LogP contribution in [0.4, 0.5) is 5.69 Å². The van der Waals surface area contributed by atoms with Crippen molar-refractivity contribution < 1.29 is 4.79 Å². The van der Waals surface area contributed by atoms with E-state index >= 15 is 0 Å². The minimum atomic E-state index is 0.0407. The number of carbonyl (C=O) groups is 1. The highest BCUT2D eigenvalue weighted by Gasteiger charge is 2.17. The predicted octanol–water partition coefficient (Wildman–Crippen LogP) is 2.79. The predicted molar refractivity (Wildman–Crippen MR) is 80.1 cm³/mol. The van der Waals surface area contributed by atoms with E-state index in [1.807, 2.05) is 26.1 Å². The van der Waals surface area contributed by atoms with E-state index in [4.69, 9.17) is 5.73 Å². The summed E-state index contributed by atoms with van der Waals surface area (Å²) in [7, 11) is 1.85. The highest BCUT2D eigenvalue weighted by Crippen LogP contribution is 2.15. The van der Waals surface area contributed by atoms with Crippen LogP contribution < -0.4 is 5.73 Å². The summed E-state index contributed by atoms with van der Waals surface area (Å²) in [5, 5.41) is 0. The third-order valence-corrected chi connectivity index (χ3v) is 3.71. The molecule has 0 saturated heterocycles. The van der Waals surface area contributed by atoms with E-state index in [9.17, 15) is 4.79 Å². The Morgan fingerprint density at radius 1 is 1.44 bits per heavy atom. The largest absolute Gasteiger partial charge is 0.399 e. The van der Waals surface area contributed by atoms with Crippen molar-refractivity contribution in [3.8, 4) is 0 Å². The highest BCUT2D eigenvalue weighted by atomic mass is 32.2. The first-order valence-electron chi connectivity index (χ1n) is 6.09. The normalized spacial score (nSPS) is 12.2. The zero-order chi connectivity index (χ0) is 13.7. The molecule has 1 amide bonds. The lowest BCUT2D eigenvalue weighted by molar-refractivity contribution is 0.0741. The molecule has 0 radical (unpaired) electrons. The Kier molecular flexibility index (Phi) is 5.54. The van der Waals surface area contributed by atoms with Gasteiger partial charge in [0, 0.05) is 24.3 Å². The molecule has 1 unspecified atom stereocenters. The van der Waals surface area contributed by atoms with Crippen molar-refractivity contribution in [2.45, 2.75) is 26.3 Å². The van der Waals surface area contributed by atoms with Crippen molar-refractivity contribution in [1.29, 1.82) is 0 Å². The van der Waals surface area contributed by atoms with Gasteiger partial charge in [0.2, 0.25) is 0 Å². The Bertz CT molecular complexity index is 400. The SMILES string of the molecule is CSCCC(C)N(C)C(=O)c1cc(C)cc(N)c1. The van der Waals surface area contributed by atoms with Gasteiger partial charge in [-0.05, 0) is 56.0 Å². The van der Waals surface area contributed by atoms with Gasteiger partial charge in [-0.2, -0.15) is 11.8 Å². The van der Waals surface area contributed by atoms with Gasteiger partial charge in [0.1, 0.15) is 0 Å². The molecule has 1 atom stereocenters. The Morgan fingerprint density at radius 2 is 2.11 bits per heavy atom. The van der Waals surface area contributed by atoms with Gasteiger partial charge in [0.05, 0.1) is 0 Å². The number of nitrogens with zero attached hydrogens (tertiary/aromatic N) is 1. The Morgan fingerprint density at radius 3 is 2.67 bits per heavy atom. The number of aryl methyl sites for hydroxylation is 1. The first-order chi connectivity index (χ1) is 8.45. The quantitative estimate of drug-likeness (QED) is 0.834. The molecular formula is C14H22N2OS. The maximum Gasteiger partial charge on any atom is 0.253 e. The molecule has 100 valence electrons. The first kappa shape index (κ1) is 14.9. The van der Waals surface area contributed by atoms with E-state index in [2.05, 4.69) is 13.2 Å². The average Bonchev–Trinajstić information content (AvgIpc) is 2.32. The fourth-order valence-electron chi connectivity index (χ4n) is 1.82. The molecule has 1 aromatic carbocycles. The molecule has 0 aliphatic rings. The standard InChI is InChI=1S/C14H22N2OS/c1-10-7-12(9-13(15)8-10)14(17)16(3)11(2)5-6-18-4/h7-9,11H,5-6,15H2,1-4H3. The van der Waals surface area contributed by atoms with Crippen molar-refractivity contribution in [3.63, 3.8) is 0 Å². The molecule has 4 heteroatoms. The van der Waals surface area contributed by atoms with Crippen LogP contribution in [0.1, 0.15) is 29.3 Å². The van der Waals surface area contributed by atoms with Gasteiger partial charge >= 0.3 is 0 Å². The summed E-state index contributed by atoms with van der Waals surface area (Å²) in [6, 6.07) is 5.74.